The maximum absolute atomic E-state index is 5.72. The maximum Gasteiger partial charge on any atom is 0.155 e. The van der Waals surface area contributed by atoms with E-state index in [0.29, 0.717) is 5.82 Å². The van der Waals surface area contributed by atoms with Gasteiger partial charge in [0.2, 0.25) is 0 Å². The van der Waals surface area contributed by atoms with Gasteiger partial charge in [-0.2, -0.15) is 5.10 Å². The Labute approximate surface area is 79.2 Å². The van der Waals surface area contributed by atoms with E-state index in [2.05, 4.69) is 15.1 Å². The highest BCUT2D eigenvalue weighted by atomic mass is 15.2. The molecular weight excluding hydrogens is 178 g/mol. The maximum atomic E-state index is 5.72. The molecule has 0 fully saturated rings. The van der Waals surface area contributed by atoms with Gasteiger partial charge in [0.05, 0.1) is 17.1 Å². The minimum Gasteiger partial charge on any atom is -0.383 e. The van der Waals surface area contributed by atoms with Crippen LogP contribution in [0.5, 0.6) is 0 Å². The lowest BCUT2D eigenvalue weighted by Crippen LogP contribution is -1.97. The van der Waals surface area contributed by atoms with E-state index in [9.17, 15) is 0 Å². The number of nitrogen functional groups attached to an aromatic ring is 1. The van der Waals surface area contributed by atoms with Crippen LogP contribution in [0.15, 0.2) is 30.7 Å². The van der Waals surface area contributed by atoms with Crippen LogP contribution in [0.1, 0.15) is 0 Å². The molecule has 5 heteroatoms. The van der Waals surface area contributed by atoms with Crippen molar-refractivity contribution in [1.29, 1.82) is 0 Å². The van der Waals surface area contributed by atoms with Gasteiger partial charge in [-0.15, -0.1) is 0 Å². The minimum absolute atomic E-state index is 0.479. The second kappa shape index (κ2) is 2.41. The van der Waals surface area contributed by atoms with Crippen LogP contribution in [0.4, 0.5) is 5.82 Å². The van der Waals surface area contributed by atoms with Crippen molar-refractivity contribution in [2.75, 3.05) is 5.73 Å². The fourth-order valence-corrected chi connectivity index (χ4v) is 1.51. The molecule has 3 aromatic rings. The first-order valence-corrected chi connectivity index (χ1v) is 4.19. The number of fused-ring (bicyclic) bond motifs is 3. The fourth-order valence-electron chi connectivity index (χ4n) is 1.51. The quantitative estimate of drug-likeness (QED) is 0.564. The molecule has 0 unspecified atom stereocenters. The van der Waals surface area contributed by atoms with Crippen molar-refractivity contribution in [1.82, 2.24) is 19.6 Å². The highest BCUT2D eigenvalue weighted by molar-refractivity contribution is 5.88. The molecule has 3 heterocycles. The van der Waals surface area contributed by atoms with Crippen molar-refractivity contribution in [3.63, 3.8) is 0 Å². The number of nitrogens with zero attached hydrogens (tertiary/aromatic N) is 4. The molecule has 0 spiro atoms. The molecule has 0 aromatic carbocycles. The average Bonchev–Trinajstić information content (AvgIpc) is 2.66. The van der Waals surface area contributed by atoms with Crippen LogP contribution in [0.25, 0.3) is 16.6 Å². The van der Waals surface area contributed by atoms with Crippen molar-refractivity contribution < 1.29 is 0 Å². The predicted molar refractivity (Wildman–Crippen MR) is 52.7 cm³/mol. The van der Waals surface area contributed by atoms with E-state index in [0.717, 1.165) is 16.6 Å². The van der Waals surface area contributed by atoms with E-state index in [4.69, 9.17) is 5.73 Å². The third-order valence-corrected chi connectivity index (χ3v) is 2.17. The smallest absolute Gasteiger partial charge is 0.155 e. The van der Waals surface area contributed by atoms with Gasteiger partial charge in [0, 0.05) is 18.5 Å². The Kier molecular flexibility index (Phi) is 1.25. The van der Waals surface area contributed by atoms with E-state index >= 15 is 0 Å². The van der Waals surface area contributed by atoms with Gasteiger partial charge in [-0.05, 0) is 6.07 Å². The zero-order chi connectivity index (χ0) is 9.54. The second-order valence-electron chi connectivity index (χ2n) is 2.99. The van der Waals surface area contributed by atoms with Crippen LogP contribution in [0.2, 0.25) is 0 Å². The van der Waals surface area contributed by atoms with E-state index in [1.165, 1.54) is 0 Å². The van der Waals surface area contributed by atoms with Gasteiger partial charge in [0.1, 0.15) is 5.82 Å². The lowest BCUT2D eigenvalue weighted by Gasteiger charge is -2.01. The van der Waals surface area contributed by atoms with Crippen LogP contribution in [0.3, 0.4) is 0 Å². The van der Waals surface area contributed by atoms with E-state index in [1.807, 2.05) is 12.1 Å². The molecule has 68 valence electrons. The van der Waals surface area contributed by atoms with Crippen LogP contribution >= 0.6 is 0 Å². The molecule has 0 aliphatic heterocycles. The molecule has 0 saturated carbocycles. The summed E-state index contributed by atoms with van der Waals surface area (Å²) in [6, 6.07) is 3.71. The lowest BCUT2D eigenvalue weighted by atomic mass is 10.3. The Hall–Kier alpha value is -2.17. The van der Waals surface area contributed by atoms with E-state index < -0.39 is 0 Å². The topological polar surface area (TPSA) is 69.1 Å². The molecule has 14 heavy (non-hydrogen) atoms. The Morgan fingerprint density at radius 2 is 2.07 bits per heavy atom. The average molecular weight is 185 g/mol. The summed E-state index contributed by atoms with van der Waals surface area (Å²) in [5.41, 5.74) is 7.46. The number of aromatic nitrogens is 4. The molecule has 0 aliphatic rings. The lowest BCUT2D eigenvalue weighted by molar-refractivity contribution is 0.982. The zero-order valence-corrected chi connectivity index (χ0v) is 7.25. The number of hydrogen-bond donors (Lipinski definition) is 1. The first kappa shape index (κ1) is 7.25. The normalized spacial score (nSPS) is 11.1. The standard InChI is InChI=1S/C9H7N5/c10-9-6-5-12-8-2-4-13-14(8)7(6)1-3-11-9/h1-5H,(H2,10,11). The van der Waals surface area contributed by atoms with Gasteiger partial charge >= 0.3 is 0 Å². The summed E-state index contributed by atoms with van der Waals surface area (Å²) in [7, 11) is 0. The van der Waals surface area contributed by atoms with Crippen molar-refractivity contribution >= 4 is 22.4 Å². The van der Waals surface area contributed by atoms with Gasteiger partial charge in [-0.25, -0.2) is 14.5 Å². The molecule has 0 radical (unpaired) electrons. The van der Waals surface area contributed by atoms with Gasteiger partial charge in [-0.1, -0.05) is 0 Å². The molecule has 0 atom stereocenters. The third-order valence-electron chi connectivity index (χ3n) is 2.17. The molecule has 3 rings (SSSR count). The van der Waals surface area contributed by atoms with Crippen molar-refractivity contribution in [3.05, 3.63) is 30.7 Å². The molecule has 0 amide bonds. The molecule has 0 aliphatic carbocycles. The Morgan fingerprint density at radius 1 is 1.14 bits per heavy atom. The molecule has 3 aromatic heterocycles. The molecule has 0 bridgehead atoms. The Bertz CT molecular complexity index is 613. The number of nitrogens with two attached hydrogens (primary N) is 1. The monoisotopic (exact) mass is 185 g/mol. The highest BCUT2D eigenvalue weighted by Crippen LogP contribution is 2.17. The highest BCUT2D eigenvalue weighted by Gasteiger charge is 2.03. The van der Waals surface area contributed by atoms with Crippen LogP contribution in [-0.4, -0.2) is 19.6 Å². The van der Waals surface area contributed by atoms with E-state index in [1.54, 1.807) is 23.1 Å². The summed E-state index contributed by atoms with van der Waals surface area (Å²) in [4.78, 5) is 8.21. The molecular formula is C9H7N5. The number of pyridine rings is 1. The summed E-state index contributed by atoms with van der Waals surface area (Å²) in [6.45, 7) is 0. The zero-order valence-electron chi connectivity index (χ0n) is 7.25. The third kappa shape index (κ3) is 0.806. The molecule has 5 nitrogen and oxygen atoms in total. The number of anilines is 1. The SMILES string of the molecule is Nc1nccc2c1cnc1ccnn12. The van der Waals surface area contributed by atoms with Gasteiger partial charge in [-0.3, -0.25) is 0 Å². The van der Waals surface area contributed by atoms with Crippen molar-refractivity contribution in [2.24, 2.45) is 0 Å². The minimum atomic E-state index is 0.479. The van der Waals surface area contributed by atoms with E-state index in [-0.39, 0.29) is 0 Å². The number of hydrogen-bond acceptors (Lipinski definition) is 4. The summed E-state index contributed by atoms with van der Waals surface area (Å²) < 4.78 is 1.74. The second-order valence-corrected chi connectivity index (χ2v) is 2.99. The summed E-state index contributed by atoms with van der Waals surface area (Å²) in [5, 5.41) is 4.98. The number of rotatable bonds is 0. The summed E-state index contributed by atoms with van der Waals surface area (Å²) in [6.07, 6.45) is 5.09. The van der Waals surface area contributed by atoms with Crippen LogP contribution < -0.4 is 5.73 Å². The first-order chi connectivity index (χ1) is 6.86. The molecule has 2 N–H and O–H groups in total. The first-order valence-electron chi connectivity index (χ1n) is 4.19. The molecule has 0 saturated heterocycles. The van der Waals surface area contributed by atoms with Gasteiger partial charge < -0.3 is 5.73 Å². The largest absolute Gasteiger partial charge is 0.383 e. The van der Waals surface area contributed by atoms with Crippen LogP contribution in [-0.2, 0) is 0 Å². The fraction of sp³-hybridized carbons (Fsp3) is 0. The van der Waals surface area contributed by atoms with Crippen molar-refractivity contribution in [2.45, 2.75) is 0 Å². The Morgan fingerprint density at radius 3 is 3.00 bits per heavy atom. The predicted octanol–water partition coefficient (Wildman–Crippen LogP) is 0.860. The van der Waals surface area contributed by atoms with Gasteiger partial charge in [0.15, 0.2) is 5.65 Å². The van der Waals surface area contributed by atoms with Crippen molar-refractivity contribution in [3.8, 4) is 0 Å². The Balaban J connectivity index is 2.64. The van der Waals surface area contributed by atoms with Gasteiger partial charge in [0.25, 0.3) is 0 Å². The van der Waals surface area contributed by atoms with Crippen LogP contribution in [0, 0.1) is 0 Å². The summed E-state index contributed by atoms with van der Waals surface area (Å²) in [5.74, 6) is 0.479. The summed E-state index contributed by atoms with van der Waals surface area (Å²) >= 11 is 0.